The highest BCUT2D eigenvalue weighted by Gasteiger charge is 2.19. The Bertz CT molecular complexity index is 588. The molecule has 0 radical (unpaired) electrons. The van der Waals surface area contributed by atoms with Crippen LogP contribution in [0.2, 0.25) is 5.28 Å². The maximum Gasteiger partial charge on any atom is 0.224 e. The van der Waals surface area contributed by atoms with Crippen LogP contribution in [0.25, 0.3) is 0 Å². The summed E-state index contributed by atoms with van der Waals surface area (Å²) < 4.78 is 0. The van der Waals surface area contributed by atoms with E-state index in [9.17, 15) is 5.11 Å². The minimum Gasteiger partial charge on any atom is -0.508 e. The lowest BCUT2D eigenvalue weighted by molar-refractivity contribution is 0.474. The van der Waals surface area contributed by atoms with Crippen molar-refractivity contribution < 1.29 is 5.11 Å². The van der Waals surface area contributed by atoms with Crippen LogP contribution < -0.4 is 4.90 Å². The highest BCUT2D eigenvalue weighted by molar-refractivity contribution is 6.28. The Morgan fingerprint density at radius 1 is 1.28 bits per heavy atom. The number of rotatable bonds is 1. The Morgan fingerprint density at radius 2 is 2.17 bits per heavy atom. The summed E-state index contributed by atoms with van der Waals surface area (Å²) in [6.45, 7) is 0.894. The SMILES string of the molecule is Oc1ccc2c(c1)CCCN2c1ccnc(Cl)n1. The summed E-state index contributed by atoms with van der Waals surface area (Å²) in [7, 11) is 0. The fourth-order valence-electron chi connectivity index (χ4n) is 2.30. The normalized spacial score (nSPS) is 14.4. The molecule has 0 saturated carbocycles. The second-order valence-electron chi connectivity index (χ2n) is 4.25. The van der Waals surface area contributed by atoms with Gasteiger partial charge in [-0.1, -0.05) is 0 Å². The Balaban J connectivity index is 2.06. The lowest BCUT2D eigenvalue weighted by atomic mass is 10.0. The quantitative estimate of drug-likeness (QED) is 0.802. The van der Waals surface area contributed by atoms with Crippen molar-refractivity contribution in [3.05, 3.63) is 41.3 Å². The third kappa shape index (κ3) is 1.99. The first-order valence-corrected chi connectivity index (χ1v) is 6.20. The van der Waals surface area contributed by atoms with E-state index in [1.807, 2.05) is 18.2 Å². The second-order valence-corrected chi connectivity index (χ2v) is 4.59. The molecule has 2 heterocycles. The molecule has 0 aliphatic carbocycles. The number of aromatic nitrogens is 2. The third-order valence-electron chi connectivity index (χ3n) is 3.07. The van der Waals surface area contributed by atoms with Crippen LogP contribution >= 0.6 is 11.6 Å². The first-order valence-electron chi connectivity index (χ1n) is 5.82. The van der Waals surface area contributed by atoms with Crippen LogP contribution in [-0.2, 0) is 6.42 Å². The number of hydrogen-bond acceptors (Lipinski definition) is 4. The van der Waals surface area contributed by atoms with Gasteiger partial charge < -0.3 is 10.0 Å². The van der Waals surface area contributed by atoms with Gasteiger partial charge in [0.05, 0.1) is 0 Å². The molecule has 5 heteroatoms. The third-order valence-corrected chi connectivity index (χ3v) is 3.25. The summed E-state index contributed by atoms with van der Waals surface area (Å²) in [4.78, 5) is 10.2. The molecule has 0 fully saturated rings. The summed E-state index contributed by atoms with van der Waals surface area (Å²) in [5.74, 6) is 1.10. The van der Waals surface area contributed by atoms with Crippen LogP contribution in [0.15, 0.2) is 30.5 Å². The number of aromatic hydroxyl groups is 1. The molecule has 3 rings (SSSR count). The van der Waals surface area contributed by atoms with Crippen molar-refractivity contribution in [2.45, 2.75) is 12.8 Å². The van der Waals surface area contributed by atoms with Crippen LogP contribution in [0, 0.1) is 0 Å². The van der Waals surface area contributed by atoms with E-state index in [1.54, 1.807) is 12.3 Å². The zero-order valence-electron chi connectivity index (χ0n) is 9.67. The zero-order chi connectivity index (χ0) is 12.5. The maximum absolute atomic E-state index is 9.52. The van der Waals surface area contributed by atoms with Crippen molar-refractivity contribution in [2.75, 3.05) is 11.4 Å². The van der Waals surface area contributed by atoms with Gasteiger partial charge in [-0.25, -0.2) is 9.97 Å². The molecule has 0 spiro atoms. The molecule has 0 unspecified atom stereocenters. The first kappa shape index (κ1) is 11.3. The van der Waals surface area contributed by atoms with Crippen LogP contribution in [0.4, 0.5) is 11.5 Å². The molecule has 2 aromatic rings. The highest BCUT2D eigenvalue weighted by atomic mass is 35.5. The highest BCUT2D eigenvalue weighted by Crippen LogP contribution is 2.34. The van der Waals surface area contributed by atoms with Gasteiger partial charge in [0.25, 0.3) is 0 Å². The van der Waals surface area contributed by atoms with E-state index in [1.165, 1.54) is 0 Å². The van der Waals surface area contributed by atoms with Gasteiger partial charge in [-0.15, -0.1) is 0 Å². The molecule has 92 valence electrons. The van der Waals surface area contributed by atoms with E-state index in [2.05, 4.69) is 14.9 Å². The molecule has 4 nitrogen and oxygen atoms in total. The van der Waals surface area contributed by atoms with E-state index in [0.29, 0.717) is 5.75 Å². The predicted molar refractivity (Wildman–Crippen MR) is 70.5 cm³/mol. The average molecular weight is 262 g/mol. The molecule has 0 saturated heterocycles. The number of anilines is 2. The number of phenols is 1. The predicted octanol–water partition coefficient (Wildman–Crippen LogP) is 2.92. The number of phenolic OH excluding ortho intramolecular Hbond substituents is 1. The first-order chi connectivity index (χ1) is 8.74. The number of benzene rings is 1. The standard InChI is InChI=1S/C13H12ClN3O/c14-13-15-6-5-12(16-13)17-7-1-2-9-8-10(18)3-4-11(9)17/h3-6,8,18H,1-2,7H2. The number of aryl methyl sites for hydroxylation is 1. The smallest absolute Gasteiger partial charge is 0.224 e. The number of fused-ring (bicyclic) bond motifs is 1. The zero-order valence-corrected chi connectivity index (χ0v) is 10.4. The number of nitrogens with zero attached hydrogens (tertiary/aromatic N) is 3. The average Bonchev–Trinajstić information content (AvgIpc) is 2.37. The van der Waals surface area contributed by atoms with Gasteiger partial charge in [0.1, 0.15) is 11.6 Å². The van der Waals surface area contributed by atoms with Crippen molar-refractivity contribution >= 4 is 23.1 Å². The van der Waals surface area contributed by atoms with Crippen molar-refractivity contribution in [3.8, 4) is 5.75 Å². The van der Waals surface area contributed by atoms with Gasteiger partial charge in [0.15, 0.2) is 0 Å². The summed E-state index contributed by atoms with van der Waals surface area (Å²) in [5, 5.41) is 9.77. The van der Waals surface area contributed by atoms with Crippen LogP contribution in [-0.4, -0.2) is 21.6 Å². The summed E-state index contributed by atoms with van der Waals surface area (Å²) >= 11 is 5.83. The molecule has 0 bridgehead atoms. The van der Waals surface area contributed by atoms with E-state index in [-0.39, 0.29) is 5.28 Å². The molecule has 0 amide bonds. The Hall–Kier alpha value is -1.81. The molecule has 1 aromatic carbocycles. The van der Waals surface area contributed by atoms with Crippen LogP contribution in [0.5, 0.6) is 5.75 Å². The topological polar surface area (TPSA) is 49.2 Å². The van der Waals surface area contributed by atoms with Crippen molar-refractivity contribution in [2.24, 2.45) is 0 Å². The fraction of sp³-hybridized carbons (Fsp3) is 0.231. The maximum atomic E-state index is 9.52. The minimum atomic E-state index is 0.249. The molecule has 1 aliphatic rings. The van der Waals surface area contributed by atoms with Gasteiger partial charge in [0, 0.05) is 18.4 Å². The molecule has 18 heavy (non-hydrogen) atoms. The molecular formula is C13H12ClN3O. The molecule has 1 N–H and O–H groups in total. The largest absolute Gasteiger partial charge is 0.508 e. The molecular weight excluding hydrogens is 250 g/mol. The lowest BCUT2D eigenvalue weighted by Gasteiger charge is -2.30. The van der Waals surface area contributed by atoms with Crippen LogP contribution in [0.3, 0.4) is 0 Å². The van der Waals surface area contributed by atoms with Gasteiger partial charge >= 0.3 is 0 Å². The molecule has 0 atom stereocenters. The summed E-state index contributed by atoms with van der Waals surface area (Å²) in [6.07, 6.45) is 3.65. The van der Waals surface area contributed by atoms with Gasteiger partial charge in [-0.2, -0.15) is 0 Å². The van der Waals surface area contributed by atoms with Crippen molar-refractivity contribution in [1.29, 1.82) is 0 Å². The van der Waals surface area contributed by atoms with Crippen LogP contribution in [0.1, 0.15) is 12.0 Å². The minimum absolute atomic E-state index is 0.249. The Morgan fingerprint density at radius 3 is 3.00 bits per heavy atom. The van der Waals surface area contributed by atoms with E-state index in [0.717, 1.165) is 36.5 Å². The van der Waals surface area contributed by atoms with Crippen molar-refractivity contribution in [1.82, 2.24) is 9.97 Å². The Labute approximate surface area is 110 Å². The van der Waals surface area contributed by atoms with Gasteiger partial charge in [0.2, 0.25) is 5.28 Å². The number of hydrogen-bond donors (Lipinski definition) is 1. The summed E-state index contributed by atoms with van der Waals surface area (Å²) in [5.41, 5.74) is 2.21. The lowest BCUT2D eigenvalue weighted by Crippen LogP contribution is -2.25. The van der Waals surface area contributed by atoms with E-state index < -0.39 is 0 Å². The van der Waals surface area contributed by atoms with Gasteiger partial charge in [-0.3, -0.25) is 0 Å². The fourth-order valence-corrected chi connectivity index (χ4v) is 2.44. The number of halogens is 1. The molecule has 1 aromatic heterocycles. The Kier molecular flexibility index (Phi) is 2.80. The van der Waals surface area contributed by atoms with E-state index in [4.69, 9.17) is 11.6 Å². The molecule has 1 aliphatic heterocycles. The summed E-state index contributed by atoms with van der Waals surface area (Å²) in [6, 6.07) is 7.26. The van der Waals surface area contributed by atoms with E-state index >= 15 is 0 Å². The monoisotopic (exact) mass is 261 g/mol. The second kappa shape index (κ2) is 4.46. The van der Waals surface area contributed by atoms with Gasteiger partial charge in [-0.05, 0) is 54.3 Å². The van der Waals surface area contributed by atoms with Crippen molar-refractivity contribution in [3.63, 3.8) is 0 Å².